The Morgan fingerprint density at radius 2 is 1.47 bits per heavy atom. The number of quaternary nitrogens is 1. The van der Waals surface area contributed by atoms with Gasteiger partial charge in [-0.25, -0.2) is 4.57 Å². The first-order valence-electron chi connectivity index (χ1n) is 26.6. The third-order valence-corrected chi connectivity index (χ3v) is 20.1. The molecule has 0 aromatic heterocycles. The summed E-state index contributed by atoms with van der Waals surface area (Å²) in [5, 5.41) is 0.488. The molecule has 11 heteroatoms. The Morgan fingerprint density at radius 3 is 2.11 bits per heavy atom. The second-order valence-corrected chi connectivity index (χ2v) is 27.0. The smallest absolute Gasteiger partial charge is 0.457 e. The van der Waals surface area contributed by atoms with E-state index in [4.69, 9.17) is 18.5 Å². The summed E-state index contributed by atoms with van der Waals surface area (Å²) in [6.07, 6.45) is 34.7. The lowest BCUT2D eigenvalue weighted by Crippen LogP contribution is -2.50. The number of esters is 1. The fraction of sp³-hybridized carbons (Fsp3) is 0.943. The van der Waals surface area contributed by atoms with Gasteiger partial charge in [0.2, 0.25) is 0 Å². The molecular formula is C53H99NO7PS2+. The fourth-order valence-electron chi connectivity index (χ4n) is 12.5. The fourth-order valence-corrected chi connectivity index (χ4v) is 15.7. The van der Waals surface area contributed by atoms with E-state index in [9.17, 15) is 14.3 Å². The summed E-state index contributed by atoms with van der Waals surface area (Å²) >= 11 is 0. The number of likely N-dealkylation sites (N-methyl/N-ethyl adjacent to an activating group) is 1. The van der Waals surface area contributed by atoms with Crippen molar-refractivity contribution in [1.82, 2.24) is 0 Å². The van der Waals surface area contributed by atoms with Crippen molar-refractivity contribution in [2.45, 2.75) is 213 Å². The SMILES string of the molecule is CCCCCCCCCCCCCCCCOCC(COP(=O)(O)OCC[N+](C)(C)C)OC(=O)CSSC1CC[C@@]2(C)C(=CC[C@H]3[C@@H]4CC[C@H]([C@H](C)CCCC(C)C)[C@@]4(C)CC[C@@H]32)C1. The number of hydrogen-bond donors (Lipinski definition) is 1. The number of rotatable bonds is 34. The van der Waals surface area contributed by atoms with Crippen molar-refractivity contribution in [1.29, 1.82) is 0 Å². The molecule has 0 aromatic rings. The monoisotopic (exact) mass is 957 g/mol. The van der Waals surface area contributed by atoms with Crippen molar-refractivity contribution in [3.63, 3.8) is 0 Å². The van der Waals surface area contributed by atoms with E-state index < -0.39 is 13.9 Å². The molecule has 0 saturated heterocycles. The Hall–Kier alpha value is -0.0600. The summed E-state index contributed by atoms with van der Waals surface area (Å²) in [4.78, 5) is 23.6. The molecule has 4 aliphatic rings. The Morgan fingerprint density at radius 1 is 0.812 bits per heavy atom. The number of ether oxygens (including phenoxy) is 2. The molecule has 1 N–H and O–H groups in total. The summed E-state index contributed by atoms with van der Waals surface area (Å²) in [6.45, 7) is 16.0. The third-order valence-electron chi connectivity index (χ3n) is 16.3. The van der Waals surface area contributed by atoms with Crippen molar-refractivity contribution < 1.29 is 37.3 Å². The zero-order valence-corrected chi connectivity index (χ0v) is 45.3. The first-order valence-corrected chi connectivity index (χ1v) is 30.5. The maximum Gasteiger partial charge on any atom is 0.472 e. The average Bonchev–Trinajstić information content (AvgIpc) is 3.59. The molecule has 8 nitrogen and oxygen atoms in total. The largest absolute Gasteiger partial charge is 0.472 e. The van der Waals surface area contributed by atoms with Crippen molar-refractivity contribution >= 4 is 35.4 Å². The number of phosphoric acid groups is 1. The van der Waals surface area contributed by atoms with Crippen LogP contribution in [0.2, 0.25) is 0 Å². The zero-order valence-electron chi connectivity index (χ0n) is 42.7. The Balaban J connectivity index is 1.18. The van der Waals surface area contributed by atoms with Gasteiger partial charge in [-0.3, -0.25) is 13.8 Å². The number of carbonyl (C=O) groups excluding carboxylic acids is 1. The van der Waals surface area contributed by atoms with Crippen LogP contribution < -0.4 is 0 Å². The predicted octanol–water partition coefficient (Wildman–Crippen LogP) is 15.0. The van der Waals surface area contributed by atoms with E-state index in [1.165, 1.54) is 141 Å². The van der Waals surface area contributed by atoms with Crippen LogP contribution in [0, 0.1) is 46.3 Å². The van der Waals surface area contributed by atoms with Gasteiger partial charge in [-0.2, -0.15) is 0 Å². The topological polar surface area (TPSA) is 91.3 Å². The lowest BCUT2D eigenvalue weighted by molar-refractivity contribution is -0.870. The molecule has 3 saturated carbocycles. The minimum absolute atomic E-state index is 0.0855. The molecule has 3 fully saturated rings. The quantitative estimate of drug-likeness (QED) is 0.0169. The summed E-state index contributed by atoms with van der Waals surface area (Å²) in [6, 6.07) is 0. The molecule has 3 unspecified atom stereocenters. The first kappa shape index (κ1) is 56.5. The molecule has 4 aliphatic carbocycles. The maximum atomic E-state index is 13.2. The highest BCUT2D eigenvalue weighted by Gasteiger charge is 2.59. The summed E-state index contributed by atoms with van der Waals surface area (Å²) in [5.41, 5.74) is 2.51. The lowest BCUT2D eigenvalue weighted by Gasteiger charge is -2.58. The van der Waals surface area contributed by atoms with E-state index in [2.05, 4.69) is 47.6 Å². The predicted molar refractivity (Wildman–Crippen MR) is 273 cm³/mol. The molecule has 4 rings (SSSR count). The normalized spacial score (nSPS) is 28.8. The van der Waals surface area contributed by atoms with Crippen LogP contribution in [0.5, 0.6) is 0 Å². The maximum absolute atomic E-state index is 13.2. The highest BCUT2D eigenvalue weighted by molar-refractivity contribution is 8.77. The number of unbranched alkanes of at least 4 members (excludes halogenated alkanes) is 13. The van der Waals surface area contributed by atoms with E-state index in [1.54, 1.807) is 16.4 Å². The number of hydrogen-bond acceptors (Lipinski definition) is 8. The van der Waals surface area contributed by atoms with Crippen molar-refractivity contribution in [3.05, 3.63) is 11.6 Å². The van der Waals surface area contributed by atoms with E-state index in [-0.39, 0.29) is 31.5 Å². The molecule has 0 bridgehead atoms. The highest BCUT2D eigenvalue weighted by Crippen LogP contribution is 2.68. The van der Waals surface area contributed by atoms with Gasteiger partial charge >= 0.3 is 13.8 Å². The van der Waals surface area contributed by atoms with Crippen LogP contribution >= 0.6 is 29.4 Å². The lowest BCUT2D eigenvalue weighted by atomic mass is 9.47. The Bertz CT molecular complexity index is 1410. The van der Waals surface area contributed by atoms with E-state index >= 15 is 0 Å². The van der Waals surface area contributed by atoms with Crippen LogP contribution in [0.25, 0.3) is 0 Å². The Kier molecular flexibility index (Phi) is 25.2. The van der Waals surface area contributed by atoms with Gasteiger partial charge in [0.25, 0.3) is 0 Å². The molecule has 0 radical (unpaired) electrons. The van der Waals surface area contributed by atoms with Gasteiger partial charge in [0.15, 0.2) is 0 Å². The molecule has 64 heavy (non-hydrogen) atoms. The van der Waals surface area contributed by atoms with Gasteiger partial charge in [0.1, 0.15) is 25.0 Å². The standard InChI is InChI=1S/C53H98NO7PS2/c1-10-11-12-13-14-15-16-17-18-19-20-21-22-23-36-58-39-45(40-60-62(56,57)59-37-35-54(7,8)9)61-51(55)41-63-64-46-31-33-52(5)44(38-46)27-28-47-49-30-29-48(43(4)26-24-25-42(2)3)53(49,6)34-32-50(47)52/h27,42-43,45-50H,10-26,28-41H2,1-9H3/p+1/t43-,45?,46?,47+,48-,49+,50+,52+,53-/m1/s1. The summed E-state index contributed by atoms with van der Waals surface area (Å²) < 4.78 is 35.7. The van der Waals surface area contributed by atoms with Gasteiger partial charge in [0, 0.05) is 11.9 Å². The van der Waals surface area contributed by atoms with Crippen LogP contribution in [0.4, 0.5) is 0 Å². The molecule has 0 heterocycles. The third kappa shape index (κ3) is 19.0. The van der Waals surface area contributed by atoms with Crippen molar-refractivity contribution in [2.75, 3.05) is 59.9 Å². The van der Waals surface area contributed by atoms with E-state index in [0.717, 1.165) is 54.8 Å². The number of allylic oxidation sites excluding steroid dienone is 2. The highest BCUT2D eigenvalue weighted by atomic mass is 33.1. The number of phosphoric ester groups is 1. The van der Waals surface area contributed by atoms with Gasteiger partial charge in [0.05, 0.1) is 34.4 Å². The zero-order chi connectivity index (χ0) is 46.6. The second kappa shape index (κ2) is 28.6. The minimum atomic E-state index is -4.31. The van der Waals surface area contributed by atoms with Gasteiger partial charge in [-0.15, -0.1) is 0 Å². The van der Waals surface area contributed by atoms with E-state index in [0.29, 0.717) is 33.7 Å². The van der Waals surface area contributed by atoms with Gasteiger partial charge in [-0.1, -0.05) is 178 Å². The summed E-state index contributed by atoms with van der Waals surface area (Å²) in [7, 11) is 5.08. The minimum Gasteiger partial charge on any atom is -0.457 e. The van der Waals surface area contributed by atoms with Crippen molar-refractivity contribution in [3.8, 4) is 0 Å². The Labute approximate surface area is 402 Å². The van der Waals surface area contributed by atoms with Gasteiger partial charge in [-0.05, 0) is 104 Å². The molecule has 0 spiro atoms. The van der Waals surface area contributed by atoms with Crippen LogP contribution in [-0.4, -0.2) is 86.6 Å². The number of fused-ring (bicyclic) bond motifs is 5. The average molecular weight is 957 g/mol. The molecule has 10 atom stereocenters. The van der Waals surface area contributed by atoms with Crippen LogP contribution in [-0.2, 0) is 27.9 Å². The molecule has 374 valence electrons. The van der Waals surface area contributed by atoms with Crippen LogP contribution in [0.1, 0.15) is 202 Å². The molecule has 0 aliphatic heterocycles. The molecule has 0 aromatic carbocycles. The number of nitrogens with zero attached hydrogens (tertiary/aromatic N) is 1. The second-order valence-electron chi connectivity index (χ2n) is 22.9. The molecule has 0 amide bonds. The van der Waals surface area contributed by atoms with Crippen molar-refractivity contribution in [2.24, 2.45) is 46.3 Å². The molecular weight excluding hydrogens is 858 g/mol. The first-order chi connectivity index (χ1) is 30.5. The van der Waals surface area contributed by atoms with Gasteiger partial charge < -0.3 is 18.9 Å². The van der Waals surface area contributed by atoms with Crippen LogP contribution in [0.15, 0.2) is 11.6 Å². The van der Waals surface area contributed by atoms with Crippen LogP contribution in [0.3, 0.4) is 0 Å². The number of carbonyl (C=O) groups is 1. The van der Waals surface area contributed by atoms with E-state index in [1.807, 2.05) is 31.9 Å². The summed E-state index contributed by atoms with van der Waals surface area (Å²) in [5.74, 6) is 4.93.